The molecule has 0 bridgehead atoms. The fourth-order valence-corrected chi connectivity index (χ4v) is 6.18. The Bertz CT molecular complexity index is 1070. The molecule has 4 rings (SSSR count). The van der Waals surface area contributed by atoms with Crippen molar-refractivity contribution < 1.29 is 4.74 Å². The Hall–Kier alpha value is -1.50. The summed E-state index contributed by atoms with van der Waals surface area (Å²) < 4.78 is 8.17. The lowest BCUT2D eigenvalue weighted by Crippen LogP contribution is -1.93. The second kappa shape index (κ2) is 12.8. The number of hydrogen-bond acceptors (Lipinski definition) is 3. The molecule has 1 nitrogen and oxygen atoms in total. The van der Waals surface area contributed by atoms with Gasteiger partial charge in [0.1, 0.15) is 0 Å². The van der Waals surface area contributed by atoms with E-state index in [1.165, 1.54) is 33.4 Å². The van der Waals surface area contributed by atoms with Crippen LogP contribution in [0.1, 0.15) is 11.1 Å². The van der Waals surface area contributed by atoms with Crippen molar-refractivity contribution in [1.82, 2.24) is 0 Å². The summed E-state index contributed by atoms with van der Waals surface area (Å²) in [5, 5.41) is 0. The molecule has 0 aliphatic rings. The highest BCUT2D eigenvalue weighted by Crippen LogP contribution is 2.30. The third-order valence-electron chi connectivity index (χ3n) is 5.15. The summed E-state index contributed by atoms with van der Waals surface area (Å²) >= 11 is 11.0. The maximum atomic E-state index is 5.88. The molecular formula is C28H24Br2OS2. The first kappa shape index (κ1) is 24.6. The first-order valence-electron chi connectivity index (χ1n) is 10.6. The number of thioether (sulfide) groups is 2. The van der Waals surface area contributed by atoms with Crippen LogP contribution in [0.2, 0.25) is 0 Å². The van der Waals surface area contributed by atoms with Gasteiger partial charge in [-0.1, -0.05) is 105 Å². The zero-order valence-corrected chi connectivity index (χ0v) is 22.9. The number of rotatable bonds is 10. The van der Waals surface area contributed by atoms with E-state index in [1.807, 2.05) is 12.1 Å². The van der Waals surface area contributed by atoms with Gasteiger partial charge in [-0.25, -0.2) is 0 Å². The van der Waals surface area contributed by atoms with Crippen LogP contribution in [-0.2, 0) is 16.2 Å². The summed E-state index contributed by atoms with van der Waals surface area (Å²) in [5.41, 5.74) is 7.56. The quantitative estimate of drug-likeness (QED) is 0.133. The van der Waals surface area contributed by atoms with Crippen LogP contribution in [0.3, 0.4) is 0 Å². The largest absolute Gasteiger partial charge is 0.360 e. The van der Waals surface area contributed by atoms with Gasteiger partial charge in [-0.05, 0) is 57.6 Å². The fourth-order valence-electron chi connectivity index (χ4n) is 3.45. The van der Waals surface area contributed by atoms with Crippen LogP contribution < -0.4 is 0 Å². The molecule has 0 aliphatic carbocycles. The maximum Gasteiger partial charge on any atom is 0.0935 e. The highest BCUT2D eigenvalue weighted by atomic mass is 79.9. The Morgan fingerprint density at radius 2 is 0.939 bits per heavy atom. The van der Waals surface area contributed by atoms with Gasteiger partial charge in [0.25, 0.3) is 0 Å². The van der Waals surface area contributed by atoms with Crippen LogP contribution >= 0.6 is 55.4 Å². The normalized spacial score (nSPS) is 11.0. The van der Waals surface area contributed by atoms with E-state index in [0.29, 0.717) is 11.9 Å². The lowest BCUT2D eigenvalue weighted by Gasteiger charge is -2.10. The van der Waals surface area contributed by atoms with Crippen molar-refractivity contribution in [1.29, 1.82) is 0 Å². The van der Waals surface area contributed by atoms with Crippen LogP contribution in [0.25, 0.3) is 22.3 Å². The molecule has 0 amide bonds. The van der Waals surface area contributed by atoms with Gasteiger partial charge in [0.15, 0.2) is 0 Å². The van der Waals surface area contributed by atoms with Crippen molar-refractivity contribution in [3.63, 3.8) is 0 Å². The summed E-state index contributed by atoms with van der Waals surface area (Å²) in [6.45, 7) is 0. The van der Waals surface area contributed by atoms with Crippen LogP contribution in [-0.4, -0.2) is 11.9 Å². The minimum Gasteiger partial charge on any atom is -0.360 e. The van der Waals surface area contributed by atoms with Crippen molar-refractivity contribution in [3.05, 3.63) is 117 Å². The zero-order valence-electron chi connectivity index (χ0n) is 18.0. The number of hydrogen-bond donors (Lipinski definition) is 0. The van der Waals surface area contributed by atoms with Crippen molar-refractivity contribution in [3.8, 4) is 22.3 Å². The average molecular weight is 600 g/mol. The molecule has 0 aromatic heterocycles. The molecule has 0 fully saturated rings. The molecule has 0 saturated carbocycles. The van der Waals surface area contributed by atoms with E-state index in [0.717, 1.165) is 20.5 Å². The molecule has 4 aromatic rings. The summed E-state index contributed by atoms with van der Waals surface area (Å²) in [4.78, 5) is 0. The minimum absolute atomic E-state index is 0.681. The first-order chi connectivity index (χ1) is 16.2. The third-order valence-corrected chi connectivity index (χ3v) is 8.40. The molecule has 0 spiro atoms. The molecule has 4 aromatic carbocycles. The fraction of sp³-hybridized carbons (Fsp3) is 0.143. The second-order valence-electron chi connectivity index (χ2n) is 7.48. The van der Waals surface area contributed by atoms with Crippen molar-refractivity contribution in [2.75, 3.05) is 11.9 Å². The lowest BCUT2D eigenvalue weighted by molar-refractivity contribution is 0.240. The van der Waals surface area contributed by atoms with Crippen LogP contribution in [0.4, 0.5) is 0 Å². The second-order valence-corrected chi connectivity index (χ2v) is 11.1. The molecule has 168 valence electrons. The van der Waals surface area contributed by atoms with E-state index in [1.54, 1.807) is 23.5 Å². The topological polar surface area (TPSA) is 9.23 Å². The molecule has 33 heavy (non-hydrogen) atoms. The number of benzene rings is 4. The number of ether oxygens (including phenoxy) is 1. The highest BCUT2D eigenvalue weighted by molar-refractivity contribution is 9.10. The summed E-state index contributed by atoms with van der Waals surface area (Å²) in [7, 11) is 0. The maximum absolute atomic E-state index is 5.88. The standard InChI is InChI=1S/C28H24Br2OS2/c29-27-13-11-23(21-7-3-1-4-8-21)15-25(27)17-32-19-31-20-33-18-26-16-24(12-14-28(26)30)22-9-5-2-6-10-22/h1-16H,17-20H2. The van der Waals surface area contributed by atoms with Crippen LogP contribution in [0, 0.1) is 0 Å². The van der Waals surface area contributed by atoms with Gasteiger partial charge in [0.05, 0.1) is 11.9 Å². The van der Waals surface area contributed by atoms with Gasteiger partial charge in [-0.15, -0.1) is 23.5 Å². The van der Waals surface area contributed by atoms with E-state index in [-0.39, 0.29) is 0 Å². The predicted octanol–water partition coefficient (Wildman–Crippen LogP) is 9.64. The van der Waals surface area contributed by atoms with Gasteiger partial charge >= 0.3 is 0 Å². The smallest absolute Gasteiger partial charge is 0.0935 e. The molecule has 0 radical (unpaired) electrons. The summed E-state index contributed by atoms with van der Waals surface area (Å²) in [6, 6.07) is 34.1. The molecule has 0 unspecified atom stereocenters. The SMILES string of the molecule is Brc1ccc(-c2ccccc2)cc1CSCOCSCc1cc(-c2ccccc2)ccc1Br. The van der Waals surface area contributed by atoms with Crippen molar-refractivity contribution >= 4 is 55.4 Å². The molecule has 0 saturated heterocycles. The Labute approximate surface area is 221 Å². The van der Waals surface area contributed by atoms with E-state index in [9.17, 15) is 0 Å². The van der Waals surface area contributed by atoms with Gasteiger partial charge in [0.2, 0.25) is 0 Å². The molecule has 0 atom stereocenters. The Morgan fingerprint density at radius 3 is 1.36 bits per heavy atom. The number of halogens is 2. The predicted molar refractivity (Wildman–Crippen MR) is 153 cm³/mol. The van der Waals surface area contributed by atoms with E-state index >= 15 is 0 Å². The Kier molecular flexibility index (Phi) is 9.56. The van der Waals surface area contributed by atoms with E-state index in [4.69, 9.17) is 4.74 Å². The van der Waals surface area contributed by atoms with Crippen LogP contribution in [0.15, 0.2) is 106 Å². The monoisotopic (exact) mass is 598 g/mol. The molecule has 0 heterocycles. The van der Waals surface area contributed by atoms with Crippen molar-refractivity contribution in [2.45, 2.75) is 11.5 Å². The zero-order chi connectivity index (χ0) is 22.9. The Morgan fingerprint density at radius 1 is 0.515 bits per heavy atom. The lowest BCUT2D eigenvalue weighted by atomic mass is 10.0. The highest BCUT2D eigenvalue weighted by Gasteiger charge is 2.06. The molecular weight excluding hydrogens is 576 g/mol. The Balaban J connectivity index is 1.22. The minimum atomic E-state index is 0.681. The van der Waals surface area contributed by atoms with E-state index < -0.39 is 0 Å². The molecule has 0 aliphatic heterocycles. The third kappa shape index (κ3) is 7.24. The van der Waals surface area contributed by atoms with Crippen LogP contribution in [0.5, 0.6) is 0 Å². The molecule has 5 heteroatoms. The van der Waals surface area contributed by atoms with Gasteiger partial charge < -0.3 is 4.74 Å². The van der Waals surface area contributed by atoms with Gasteiger partial charge in [-0.3, -0.25) is 0 Å². The molecule has 0 N–H and O–H groups in total. The summed E-state index contributed by atoms with van der Waals surface area (Å²) in [6.07, 6.45) is 0. The van der Waals surface area contributed by atoms with Gasteiger partial charge in [-0.2, -0.15) is 0 Å². The van der Waals surface area contributed by atoms with Gasteiger partial charge in [0, 0.05) is 20.5 Å². The van der Waals surface area contributed by atoms with Crippen molar-refractivity contribution in [2.24, 2.45) is 0 Å². The first-order valence-corrected chi connectivity index (χ1v) is 14.5. The van der Waals surface area contributed by atoms with E-state index in [2.05, 4.69) is 117 Å². The summed E-state index contributed by atoms with van der Waals surface area (Å²) in [5.74, 6) is 3.19. The average Bonchev–Trinajstić information content (AvgIpc) is 2.86.